The van der Waals surface area contributed by atoms with Gasteiger partial charge < -0.3 is 10.6 Å². The number of aryl methyl sites for hydroxylation is 1. The fourth-order valence-corrected chi connectivity index (χ4v) is 2.81. The van der Waals surface area contributed by atoms with Crippen LogP contribution in [-0.2, 0) is 17.4 Å². The number of nitrogens with two attached hydrogens (primary N) is 1. The van der Waals surface area contributed by atoms with Gasteiger partial charge in [-0.1, -0.05) is 12.1 Å². The molecule has 6 heteroatoms. The highest BCUT2D eigenvalue weighted by molar-refractivity contribution is 5.76. The molecule has 1 saturated heterocycles. The normalized spacial score (nSPS) is 17.6. The van der Waals surface area contributed by atoms with Crippen LogP contribution in [0.4, 0.5) is 13.2 Å². The monoisotopic (exact) mass is 314 g/mol. The maximum absolute atomic E-state index is 12.5. The van der Waals surface area contributed by atoms with Crippen LogP contribution in [-0.4, -0.2) is 30.4 Å². The molecule has 0 unspecified atom stereocenters. The summed E-state index contributed by atoms with van der Waals surface area (Å²) in [5.41, 5.74) is 5.60. The molecule has 2 rings (SSSR count). The lowest BCUT2D eigenvalue weighted by atomic mass is 9.96. The van der Waals surface area contributed by atoms with Crippen molar-refractivity contribution in [3.8, 4) is 0 Å². The van der Waals surface area contributed by atoms with E-state index in [4.69, 9.17) is 5.73 Å². The number of benzene rings is 1. The molecule has 1 fully saturated rings. The second-order valence-corrected chi connectivity index (χ2v) is 5.82. The van der Waals surface area contributed by atoms with Crippen LogP contribution in [0, 0.1) is 5.92 Å². The van der Waals surface area contributed by atoms with E-state index in [0.717, 1.165) is 63.0 Å². The van der Waals surface area contributed by atoms with Crippen LogP contribution in [0.25, 0.3) is 0 Å². The second-order valence-electron chi connectivity index (χ2n) is 5.82. The number of rotatable bonds is 5. The van der Waals surface area contributed by atoms with Crippen molar-refractivity contribution in [1.82, 2.24) is 4.90 Å². The van der Waals surface area contributed by atoms with E-state index in [2.05, 4.69) is 4.90 Å². The standard InChI is InChI=1S/C16H21F3N2O/c17-16(18,19)14-5-3-12(4-6-14)2-1-9-21-10-7-13(8-11-21)15(20)22/h3-6,13H,1-2,7-11H2,(H2,20,22). The molecule has 0 spiro atoms. The van der Waals surface area contributed by atoms with Gasteiger partial charge in [0.1, 0.15) is 0 Å². The van der Waals surface area contributed by atoms with Crippen molar-refractivity contribution in [2.24, 2.45) is 11.7 Å². The van der Waals surface area contributed by atoms with Crippen molar-refractivity contribution in [3.05, 3.63) is 35.4 Å². The average molecular weight is 314 g/mol. The molecule has 22 heavy (non-hydrogen) atoms. The molecule has 1 aliphatic heterocycles. The fraction of sp³-hybridized carbons (Fsp3) is 0.562. The predicted molar refractivity (Wildman–Crippen MR) is 78.1 cm³/mol. The van der Waals surface area contributed by atoms with Gasteiger partial charge in [0.25, 0.3) is 0 Å². The zero-order valence-electron chi connectivity index (χ0n) is 12.4. The van der Waals surface area contributed by atoms with Gasteiger partial charge >= 0.3 is 6.18 Å². The molecule has 0 radical (unpaired) electrons. The number of alkyl halides is 3. The zero-order chi connectivity index (χ0) is 16.2. The molecule has 2 N–H and O–H groups in total. The van der Waals surface area contributed by atoms with Crippen LogP contribution in [0.2, 0.25) is 0 Å². The van der Waals surface area contributed by atoms with Crippen LogP contribution in [0.3, 0.4) is 0 Å². The third-order valence-electron chi connectivity index (χ3n) is 4.21. The van der Waals surface area contributed by atoms with E-state index in [0.29, 0.717) is 0 Å². The summed E-state index contributed by atoms with van der Waals surface area (Å²) in [6.07, 6.45) is -1.02. The Kier molecular flexibility index (Phi) is 5.45. The Morgan fingerprint density at radius 1 is 1.18 bits per heavy atom. The number of nitrogens with zero attached hydrogens (tertiary/aromatic N) is 1. The van der Waals surface area contributed by atoms with E-state index in [1.54, 1.807) is 12.1 Å². The predicted octanol–water partition coefficient (Wildman–Crippen LogP) is 2.84. The number of hydrogen-bond donors (Lipinski definition) is 1. The molecule has 3 nitrogen and oxygen atoms in total. The van der Waals surface area contributed by atoms with Crippen LogP contribution in [0.1, 0.15) is 30.4 Å². The molecule has 1 aliphatic rings. The largest absolute Gasteiger partial charge is 0.416 e. The van der Waals surface area contributed by atoms with Gasteiger partial charge in [-0.3, -0.25) is 4.79 Å². The highest BCUT2D eigenvalue weighted by Crippen LogP contribution is 2.29. The maximum Gasteiger partial charge on any atom is 0.416 e. The molecule has 0 aromatic heterocycles. The number of primary amides is 1. The van der Waals surface area contributed by atoms with Crippen molar-refractivity contribution in [2.45, 2.75) is 31.9 Å². The lowest BCUT2D eigenvalue weighted by molar-refractivity contribution is -0.137. The number of likely N-dealkylation sites (tertiary alicyclic amines) is 1. The van der Waals surface area contributed by atoms with E-state index in [1.807, 2.05) is 0 Å². The maximum atomic E-state index is 12.5. The Morgan fingerprint density at radius 2 is 1.77 bits per heavy atom. The number of amides is 1. The molecule has 0 aliphatic carbocycles. The van der Waals surface area contributed by atoms with Gasteiger partial charge in [0.05, 0.1) is 5.56 Å². The van der Waals surface area contributed by atoms with Gasteiger partial charge in [0, 0.05) is 5.92 Å². The Morgan fingerprint density at radius 3 is 2.27 bits per heavy atom. The fourth-order valence-electron chi connectivity index (χ4n) is 2.81. The molecule has 1 heterocycles. The quantitative estimate of drug-likeness (QED) is 0.908. The molecule has 0 bridgehead atoms. The lowest BCUT2D eigenvalue weighted by Gasteiger charge is -2.30. The van der Waals surface area contributed by atoms with Gasteiger partial charge in [-0.2, -0.15) is 13.2 Å². The van der Waals surface area contributed by atoms with E-state index in [9.17, 15) is 18.0 Å². The van der Waals surface area contributed by atoms with E-state index >= 15 is 0 Å². The van der Waals surface area contributed by atoms with E-state index in [-0.39, 0.29) is 11.8 Å². The summed E-state index contributed by atoms with van der Waals surface area (Å²) in [5, 5.41) is 0. The molecule has 122 valence electrons. The van der Waals surface area contributed by atoms with Gasteiger partial charge in [0.2, 0.25) is 5.91 Å². The second kappa shape index (κ2) is 7.13. The number of carbonyl (C=O) groups excluding carboxylic acids is 1. The summed E-state index contributed by atoms with van der Waals surface area (Å²) in [5.74, 6) is -0.226. The summed E-state index contributed by atoms with van der Waals surface area (Å²) in [6.45, 7) is 2.62. The zero-order valence-corrected chi connectivity index (χ0v) is 12.4. The van der Waals surface area contributed by atoms with Gasteiger partial charge in [0.15, 0.2) is 0 Å². The first-order chi connectivity index (χ1) is 10.4. The first-order valence-electron chi connectivity index (χ1n) is 7.54. The number of piperidine rings is 1. The van der Waals surface area contributed by atoms with Crippen molar-refractivity contribution >= 4 is 5.91 Å². The summed E-state index contributed by atoms with van der Waals surface area (Å²) in [7, 11) is 0. The van der Waals surface area contributed by atoms with Crippen LogP contribution < -0.4 is 5.73 Å². The number of carbonyl (C=O) groups is 1. The minimum absolute atomic E-state index is 0.00818. The third-order valence-corrected chi connectivity index (χ3v) is 4.21. The van der Waals surface area contributed by atoms with Crippen LogP contribution >= 0.6 is 0 Å². The van der Waals surface area contributed by atoms with E-state index in [1.165, 1.54) is 0 Å². The SMILES string of the molecule is NC(=O)C1CCN(CCCc2ccc(C(F)(F)F)cc2)CC1. The highest BCUT2D eigenvalue weighted by Gasteiger charge is 2.29. The Bertz CT molecular complexity index is 491. The Balaban J connectivity index is 1.72. The summed E-state index contributed by atoms with van der Waals surface area (Å²) in [6, 6.07) is 5.35. The molecule has 1 aromatic carbocycles. The van der Waals surface area contributed by atoms with Gasteiger partial charge in [-0.05, 0) is 63.0 Å². The first kappa shape index (κ1) is 16.8. The Hall–Kier alpha value is -1.56. The number of hydrogen-bond acceptors (Lipinski definition) is 2. The smallest absolute Gasteiger partial charge is 0.369 e. The van der Waals surface area contributed by atoms with Crippen LogP contribution in [0.5, 0.6) is 0 Å². The Labute approximate surface area is 128 Å². The van der Waals surface area contributed by atoms with Crippen molar-refractivity contribution in [2.75, 3.05) is 19.6 Å². The minimum atomic E-state index is -4.27. The summed E-state index contributed by atoms with van der Waals surface area (Å²) in [4.78, 5) is 13.4. The minimum Gasteiger partial charge on any atom is -0.369 e. The molecular formula is C16H21F3N2O. The number of halogens is 3. The van der Waals surface area contributed by atoms with Crippen molar-refractivity contribution < 1.29 is 18.0 Å². The molecule has 1 aromatic rings. The summed E-state index contributed by atoms with van der Waals surface area (Å²) >= 11 is 0. The summed E-state index contributed by atoms with van der Waals surface area (Å²) < 4.78 is 37.4. The highest BCUT2D eigenvalue weighted by atomic mass is 19.4. The first-order valence-corrected chi connectivity index (χ1v) is 7.54. The topological polar surface area (TPSA) is 46.3 Å². The molecule has 0 saturated carbocycles. The van der Waals surface area contributed by atoms with E-state index < -0.39 is 11.7 Å². The average Bonchev–Trinajstić information content (AvgIpc) is 2.47. The van der Waals surface area contributed by atoms with Gasteiger partial charge in [-0.25, -0.2) is 0 Å². The molecule has 1 amide bonds. The molecular weight excluding hydrogens is 293 g/mol. The van der Waals surface area contributed by atoms with Gasteiger partial charge in [-0.15, -0.1) is 0 Å². The van der Waals surface area contributed by atoms with Crippen molar-refractivity contribution in [1.29, 1.82) is 0 Å². The van der Waals surface area contributed by atoms with Crippen molar-refractivity contribution in [3.63, 3.8) is 0 Å². The lowest BCUT2D eigenvalue weighted by Crippen LogP contribution is -2.39. The molecule has 0 atom stereocenters. The third kappa shape index (κ3) is 4.73. The van der Waals surface area contributed by atoms with Crippen LogP contribution in [0.15, 0.2) is 24.3 Å².